The Morgan fingerprint density at radius 3 is 2.59 bits per heavy atom. The number of nitrogens with two attached hydrogens (primary N) is 1. The van der Waals surface area contributed by atoms with Crippen molar-refractivity contribution in [3.05, 3.63) is 18.3 Å². The lowest BCUT2D eigenvalue weighted by Gasteiger charge is -2.32. The summed E-state index contributed by atoms with van der Waals surface area (Å²) in [6.45, 7) is 7.63. The molecule has 0 atom stereocenters. The summed E-state index contributed by atoms with van der Waals surface area (Å²) in [6, 6.07) is 3.56. The lowest BCUT2D eigenvalue weighted by molar-refractivity contribution is -0.156. The summed E-state index contributed by atoms with van der Waals surface area (Å²) in [5.74, 6) is 1.05. The molecule has 1 aliphatic rings. The van der Waals surface area contributed by atoms with Crippen molar-refractivity contribution >= 4 is 11.8 Å². The molecule has 1 aromatic rings. The lowest BCUT2D eigenvalue weighted by atomic mass is 10.1. The van der Waals surface area contributed by atoms with Crippen LogP contribution < -0.4 is 10.5 Å². The highest BCUT2D eigenvalue weighted by Gasteiger charge is 2.24. The van der Waals surface area contributed by atoms with E-state index in [1.54, 1.807) is 12.3 Å². The summed E-state index contributed by atoms with van der Waals surface area (Å²) in [5, 5.41) is 0. The molecule has 0 amide bonds. The first-order valence-corrected chi connectivity index (χ1v) is 7.64. The number of rotatable bonds is 4. The highest BCUT2D eigenvalue weighted by Crippen LogP contribution is 2.19. The third-order valence-corrected chi connectivity index (χ3v) is 3.37. The molecule has 1 aliphatic heterocycles. The Labute approximate surface area is 131 Å². The van der Waals surface area contributed by atoms with Crippen LogP contribution in [0.4, 0.5) is 5.82 Å². The molecule has 122 valence electrons. The molecular formula is C16H25N3O3. The molecule has 6 heteroatoms. The minimum Gasteiger partial charge on any atom is -0.489 e. The summed E-state index contributed by atoms with van der Waals surface area (Å²) in [5.41, 5.74) is 5.12. The van der Waals surface area contributed by atoms with Crippen molar-refractivity contribution in [2.45, 2.75) is 45.3 Å². The molecule has 2 heterocycles. The van der Waals surface area contributed by atoms with E-state index in [-0.39, 0.29) is 12.1 Å². The first-order valence-electron chi connectivity index (χ1n) is 7.64. The number of esters is 1. The Bertz CT molecular complexity index is 488. The van der Waals surface area contributed by atoms with Crippen molar-refractivity contribution in [3.8, 4) is 5.75 Å². The van der Waals surface area contributed by atoms with Crippen molar-refractivity contribution < 1.29 is 14.3 Å². The van der Waals surface area contributed by atoms with Gasteiger partial charge in [-0.3, -0.25) is 9.69 Å². The number of anilines is 1. The third kappa shape index (κ3) is 5.52. The van der Waals surface area contributed by atoms with E-state index >= 15 is 0 Å². The van der Waals surface area contributed by atoms with Gasteiger partial charge in [-0.05, 0) is 45.7 Å². The van der Waals surface area contributed by atoms with Gasteiger partial charge in [0.15, 0.2) is 0 Å². The number of likely N-dealkylation sites (tertiary alicyclic amines) is 1. The van der Waals surface area contributed by atoms with Gasteiger partial charge in [0.25, 0.3) is 0 Å². The van der Waals surface area contributed by atoms with E-state index in [2.05, 4.69) is 9.88 Å². The Morgan fingerprint density at radius 1 is 1.36 bits per heavy atom. The molecule has 1 aromatic heterocycles. The zero-order chi connectivity index (χ0) is 16.2. The van der Waals surface area contributed by atoms with Gasteiger partial charge in [0, 0.05) is 13.1 Å². The number of piperidine rings is 1. The smallest absolute Gasteiger partial charge is 0.320 e. The van der Waals surface area contributed by atoms with Crippen LogP contribution in [0.25, 0.3) is 0 Å². The van der Waals surface area contributed by atoms with Crippen LogP contribution in [0.5, 0.6) is 5.75 Å². The van der Waals surface area contributed by atoms with Crippen LogP contribution in [0.3, 0.4) is 0 Å². The largest absolute Gasteiger partial charge is 0.489 e. The monoisotopic (exact) mass is 307 g/mol. The van der Waals surface area contributed by atoms with Crippen LogP contribution in [0.2, 0.25) is 0 Å². The van der Waals surface area contributed by atoms with E-state index in [0.29, 0.717) is 12.4 Å². The zero-order valence-corrected chi connectivity index (χ0v) is 13.5. The predicted octanol–water partition coefficient (Wildman–Crippen LogP) is 1.85. The number of carbonyl (C=O) groups excluding carboxylic acids is 1. The number of hydrogen-bond donors (Lipinski definition) is 1. The van der Waals surface area contributed by atoms with E-state index in [1.807, 2.05) is 26.8 Å². The van der Waals surface area contributed by atoms with Crippen molar-refractivity contribution in [2.75, 3.05) is 25.4 Å². The average molecular weight is 307 g/mol. The van der Waals surface area contributed by atoms with E-state index in [1.165, 1.54) is 0 Å². The predicted molar refractivity (Wildman–Crippen MR) is 84.6 cm³/mol. The average Bonchev–Trinajstić information content (AvgIpc) is 2.41. The lowest BCUT2D eigenvalue weighted by Crippen LogP contribution is -2.42. The van der Waals surface area contributed by atoms with Crippen molar-refractivity contribution in [3.63, 3.8) is 0 Å². The fourth-order valence-corrected chi connectivity index (χ4v) is 2.40. The molecule has 0 spiro atoms. The zero-order valence-electron chi connectivity index (χ0n) is 13.5. The van der Waals surface area contributed by atoms with Gasteiger partial charge in [-0.25, -0.2) is 4.98 Å². The highest BCUT2D eigenvalue weighted by molar-refractivity contribution is 5.72. The molecule has 2 rings (SSSR count). The standard InChI is InChI=1S/C16H25N3O3/c1-16(2,3)22-15(20)11-19-8-6-12(7-9-19)21-13-4-5-14(17)18-10-13/h4-5,10,12H,6-9,11H2,1-3H3,(H2,17,18). The van der Waals surface area contributed by atoms with E-state index < -0.39 is 5.60 Å². The number of carbonyl (C=O) groups is 1. The van der Waals surface area contributed by atoms with Gasteiger partial charge in [-0.2, -0.15) is 0 Å². The molecule has 6 nitrogen and oxygen atoms in total. The summed E-state index contributed by atoms with van der Waals surface area (Å²) < 4.78 is 11.2. The molecule has 0 aromatic carbocycles. The number of aromatic nitrogens is 1. The van der Waals surface area contributed by atoms with Crippen LogP contribution in [0.1, 0.15) is 33.6 Å². The fraction of sp³-hybridized carbons (Fsp3) is 0.625. The van der Waals surface area contributed by atoms with Crippen LogP contribution in [-0.4, -0.2) is 47.2 Å². The maximum absolute atomic E-state index is 11.8. The Morgan fingerprint density at radius 2 is 2.05 bits per heavy atom. The molecular weight excluding hydrogens is 282 g/mol. The van der Waals surface area contributed by atoms with E-state index in [0.717, 1.165) is 31.7 Å². The van der Waals surface area contributed by atoms with Gasteiger partial charge >= 0.3 is 5.97 Å². The second kappa shape index (κ2) is 6.96. The molecule has 0 aliphatic carbocycles. The summed E-state index contributed by atoms with van der Waals surface area (Å²) in [6.07, 6.45) is 3.56. The van der Waals surface area contributed by atoms with Crippen molar-refractivity contribution in [1.29, 1.82) is 0 Å². The van der Waals surface area contributed by atoms with Gasteiger partial charge in [0.2, 0.25) is 0 Å². The van der Waals surface area contributed by atoms with Crippen LogP contribution >= 0.6 is 0 Å². The normalized spacial score (nSPS) is 17.2. The molecule has 1 fully saturated rings. The summed E-state index contributed by atoms with van der Waals surface area (Å²) in [4.78, 5) is 17.9. The number of pyridine rings is 1. The number of hydrogen-bond acceptors (Lipinski definition) is 6. The van der Waals surface area contributed by atoms with Gasteiger partial charge in [-0.1, -0.05) is 0 Å². The quantitative estimate of drug-likeness (QED) is 0.855. The summed E-state index contributed by atoms with van der Waals surface area (Å²) >= 11 is 0. The second-order valence-corrected chi connectivity index (χ2v) is 6.60. The number of nitrogen functional groups attached to an aromatic ring is 1. The minimum absolute atomic E-state index is 0.153. The maximum atomic E-state index is 11.8. The van der Waals surface area contributed by atoms with Gasteiger partial charge in [0.05, 0.1) is 12.7 Å². The minimum atomic E-state index is -0.430. The number of ether oxygens (including phenoxy) is 2. The Hall–Kier alpha value is -1.82. The fourth-order valence-electron chi connectivity index (χ4n) is 2.40. The van der Waals surface area contributed by atoms with E-state index in [4.69, 9.17) is 15.2 Å². The molecule has 0 bridgehead atoms. The molecule has 1 saturated heterocycles. The molecule has 2 N–H and O–H groups in total. The molecule has 22 heavy (non-hydrogen) atoms. The van der Waals surface area contributed by atoms with E-state index in [9.17, 15) is 4.79 Å². The first-order chi connectivity index (χ1) is 10.3. The SMILES string of the molecule is CC(C)(C)OC(=O)CN1CCC(Oc2ccc(N)nc2)CC1. The van der Waals surface area contributed by atoms with Crippen LogP contribution in [0.15, 0.2) is 18.3 Å². The Kier molecular flexibility index (Phi) is 5.24. The van der Waals surface area contributed by atoms with Gasteiger partial charge in [-0.15, -0.1) is 0 Å². The summed E-state index contributed by atoms with van der Waals surface area (Å²) in [7, 11) is 0. The first kappa shape index (κ1) is 16.5. The van der Waals surface area contributed by atoms with Crippen molar-refractivity contribution in [1.82, 2.24) is 9.88 Å². The van der Waals surface area contributed by atoms with Crippen LogP contribution in [-0.2, 0) is 9.53 Å². The highest BCUT2D eigenvalue weighted by atomic mass is 16.6. The topological polar surface area (TPSA) is 77.7 Å². The third-order valence-electron chi connectivity index (χ3n) is 3.37. The molecule has 0 unspecified atom stereocenters. The van der Waals surface area contributed by atoms with Gasteiger partial charge in [0.1, 0.15) is 23.3 Å². The van der Waals surface area contributed by atoms with Gasteiger partial charge < -0.3 is 15.2 Å². The number of nitrogens with zero attached hydrogens (tertiary/aromatic N) is 2. The Balaban J connectivity index is 1.73. The van der Waals surface area contributed by atoms with Crippen LogP contribution in [0, 0.1) is 0 Å². The second-order valence-electron chi connectivity index (χ2n) is 6.60. The molecule has 0 saturated carbocycles. The van der Waals surface area contributed by atoms with Crippen molar-refractivity contribution in [2.24, 2.45) is 0 Å². The maximum Gasteiger partial charge on any atom is 0.320 e. The molecule has 0 radical (unpaired) electrons.